The van der Waals surface area contributed by atoms with Crippen LogP contribution >= 0.6 is 0 Å². The molecule has 1 N–H and O–H groups in total. The molecule has 0 saturated heterocycles. The molecule has 0 aliphatic rings. The highest BCUT2D eigenvalue weighted by molar-refractivity contribution is 5.92. The molecule has 0 heterocycles. The van der Waals surface area contributed by atoms with E-state index in [4.69, 9.17) is 0 Å². The molecule has 0 spiro atoms. The van der Waals surface area contributed by atoms with E-state index in [1.165, 1.54) is 0 Å². The minimum Gasteiger partial charge on any atom is -0.300 e. The van der Waals surface area contributed by atoms with Crippen molar-refractivity contribution in [1.82, 2.24) is 5.32 Å². The Morgan fingerprint density at radius 3 is 1.65 bits per heavy atom. The fraction of sp³-hybridized carbons (Fsp3) is 0.933. The first-order valence-corrected chi connectivity index (χ1v) is 6.62. The standard InChI is InChI=1S/C15H31NO/c1-11(2)10-15(9,16-14(6,7)8)12(17)13(3,4)5/h11,16H,10H2,1-9H3/t15-/m0/s1. The van der Waals surface area contributed by atoms with Crippen LogP contribution in [0.1, 0.15) is 68.7 Å². The lowest BCUT2D eigenvalue weighted by molar-refractivity contribution is -0.134. The summed E-state index contributed by atoms with van der Waals surface area (Å²) in [5.41, 5.74) is -0.795. The van der Waals surface area contributed by atoms with Crippen LogP contribution in [0.2, 0.25) is 0 Å². The summed E-state index contributed by atoms with van der Waals surface area (Å²) in [6.07, 6.45) is 0.875. The van der Waals surface area contributed by atoms with Crippen LogP contribution in [0.4, 0.5) is 0 Å². The predicted molar refractivity (Wildman–Crippen MR) is 75.2 cm³/mol. The average molecular weight is 241 g/mol. The van der Waals surface area contributed by atoms with E-state index in [2.05, 4.69) is 39.9 Å². The Morgan fingerprint density at radius 2 is 1.41 bits per heavy atom. The van der Waals surface area contributed by atoms with E-state index >= 15 is 0 Å². The minimum atomic E-state index is -0.440. The van der Waals surface area contributed by atoms with Gasteiger partial charge >= 0.3 is 0 Å². The van der Waals surface area contributed by atoms with Gasteiger partial charge in [0.2, 0.25) is 0 Å². The van der Waals surface area contributed by atoms with Gasteiger partial charge in [0.1, 0.15) is 0 Å². The summed E-state index contributed by atoms with van der Waals surface area (Å²) >= 11 is 0. The molecule has 2 heteroatoms. The molecule has 1 atom stereocenters. The summed E-state index contributed by atoms with van der Waals surface area (Å²) < 4.78 is 0. The number of hydrogen-bond acceptors (Lipinski definition) is 2. The van der Waals surface area contributed by atoms with E-state index in [-0.39, 0.29) is 11.0 Å². The summed E-state index contributed by atoms with van der Waals surface area (Å²) in [6.45, 7) is 18.7. The zero-order chi connectivity index (χ0) is 14.1. The second-order valence-electron chi connectivity index (χ2n) is 7.88. The summed E-state index contributed by atoms with van der Waals surface area (Å²) in [5, 5.41) is 3.52. The van der Waals surface area contributed by atoms with Crippen molar-refractivity contribution in [3.8, 4) is 0 Å². The SMILES string of the molecule is CC(C)C[C@](C)(NC(C)(C)C)C(=O)C(C)(C)C. The van der Waals surface area contributed by atoms with E-state index in [0.29, 0.717) is 11.7 Å². The fourth-order valence-electron chi connectivity index (χ4n) is 2.67. The summed E-state index contributed by atoms with van der Waals surface area (Å²) in [5.74, 6) is 0.801. The van der Waals surface area contributed by atoms with Gasteiger partial charge in [0, 0.05) is 11.0 Å². The van der Waals surface area contributed by atoms with Crippen LogP contribution in [0, 0.1) is 11.3 Å². The van der Waals surface area contributed by atoms with Gasteiger partial charge in [-0.25, -0.2) is 0 Å². The van der Waals surface area contributed by atoms with Gasteiger partial charge < -0.3 is 5.32 Å². The van der Waals surface area contributed by atoms with Gasteiger partial charge in [0.25, 0.3) is 0 Å². The van der Waals surface area contributed by atoms with Crippen molar-refractivity contribution in [3.05, 3.63) is 0 Å². The quantitative estimate of drug-likeness (QED) is 0.811. The van der Waals surface area contributed by atoms with Gasteiger partial charge in [-0.2, -0.15) is 0 Å². The van der Waals surface area contributed by atoms with Crippen molar-refractivity contribution in [3.63, 3.8) is 0 Å². The molecule has 0 aromatic heterocycles. The number of rotatable bonds is 4. The maximum atomic E-state index is 12.6. The molecule has 0 bridgehead atoms. The average Bonchev–Trinajstić information content (AvgIpc) is 1.95. The molecule has 0 saturated carbocycles. The number of carbonyl (C=O) groups is 1. The molecule has 17 heavy (non-hydrogen) atoms. The van der Waals surface area contributed by atoms with Crippen molar-refractivity contribution in [2.45, 2.75) is 79.8 Å². The van der Waals surface area contributed by atoms with Crippen LogP contribution in [0.15, 0.2) is 0 Å². The zero-order valence-corrected chi connectivity index (χ0v) is 13.2. The van der Waals surface area contributed by atoms with E-state index in [1.54, 1.807) is 0 Å². The molecule has 0 rings (SSSR count). The van der Waals surface area contributed by atoms with Crippen LogP contribution in [0.25, 0.3) is 0 Å². The number of hydrogen-bond donors (Lipinski definition) is 1. The maximum absolute atomic E-state index is 12.6. The highest BCUT2D eigenvalue weighted by Gasteiger charge is 2.41. The van der Waals surface area contributed by atoms with Crippen molar-refractivity contribution >= 4 is 5.78 Å². The molecule has 0 aliphatic carbocycles. The van der Waals surface area contributed by atoms with Crippen molar-refractivity contribution in [1.29, 1.82) is 0 Å². The first kappa shape index (κ1) is 16.6. The topological polar surface area (TPSA) is 29.1 Å². The number of ketones is 1. The van der Waals surface area contributed by atoms with Crippen molar-refractivity contribution in [2.75, 3.05) is 0 Å². The highest BCUT2D eigenvalue weighted by atomic mass is 16.1. The zero-order valence-electron chi connectivity index (χ0n) is 13.2. The van der Waals surface area contributed by atoms with Crippen LogP contribution in [-0.2, 0) is 4.79 Å². The predicted octanol–water partition coefficient (Wildman–Crippen LogP) is 3.79. The van der Waals surface area contributed by atoms with Gasteiger partial charge in [-0.1, -0.05) is 34.6 Å². The van der Waals surface area contributed by atoms with Gasteiger partial charge in [-0.15, -0.1) is 0 Å². The third-order valence-electron chi connectivity index (χ3n) is 2.65. The number of Topliss-reactive ketones (excluding diaryl/α,β-unsaturated/α-hetero) is 1. The molecule has 102 valence electrons. The van der Waals surface area contributed by atoms with E-state index in [1.807, 2.05) is 27.7 Å². The molecule has 0 radical (unpaired) electrons. The smallest absolute Gasteiger partial charge is 0.157 e. The molecule has 2 nitrogen and oxygen atoms in total. The molecular weight excluding hydrogens is 210 g/mol. The van der Waals surface area contributed by atoms with Crippen LogP contribution in [0.3, 0.4) is 0 Å². The molecule has 0 aromatic rings. The van der Waals surface area contributed by atoms with E-state index in [0.717, 1.165) is 6.42 Å². The minimum absolute atomic E-state index is 0.0510. The molecule has 0 aromatic carbocycles. The lowest BCUT2D eigenvalue weighted by atomic mass is 9.74. The second-order valence-corrected chi connectivity index (χ2v) is 7.88. The molecule has 0 fully saturated rings. The summed E-state index contributed by atoms with van der Waals surface area (Å²) in [4.78, 5) is 12.6. The fourth-order valence-corrected chi connectivity index (χ4v) is 2.67. The third-order valence-corrected chi connectivity index (χ3v) is 2.65. The van der Waals surface area contributed by atoms with Crippen molar-refractivity contribution < 1.29 is 4.79 Å². The van der Waals surface area contributed by atoms with Gasteiger partial charge in [0.15, 0.2) is 5.78 Å². The first-order chi connectivity index (χ1) is 7.28. The number of carbonyl (C=O) groups excluding carboxylic acids is 1. The maximum Gasteiger partial charge on any atom is 0.157 e. The Balaban J connectivity index is 5.18. The Hall–Kier alpha value is -0.370. The third kappa shape index (κ3) is 5.67. The molecule has 0 unspecified atom stereocenters. The Kier molecular flexibility index (Phi) is 4.98. The van der Waals surface area contributed by atoms with Gasteiger partial charge in [-0.3, -0.25) is 4.79 Å². The van der Waals surface area contributed by atoms with Gasteiger partial charge in [0.05, 0.1) is 5.54 Å². The summed E-state index contributed by atoms with van der Waals surface area (Å²) in [6, 6.07) is 0. The number of nitrogens with one attached hydrogen (secondary N) is 1. The summed E-state index contributed by atoms with van der Waals surface area (Å²) in [7, 11) is 0. The highest BCUT2D eigenvalue weighted by Crippen LogP contribution is 2.29. The Bertz CT molecular complexity index is 268. The first-order valence-electron chi connectivity index (χ1n) is 6.62. The molecule has 0 aliphatic heterocycles. The molecular formula is C15H31NO. The molecule has 0 amide bonds. The lowest BCUT2D eigenvalue weighted by Crippen LogP contribution is -2.60. The van der Waals surface area contributed by atoms with E-state index < -0.39 is 5.54 Å². The Morgan fingerprint density at radius 1 is 1.00 bits per heavy atom. The van der Waals surface area contributed by atoms with Gasteiger partial charge in [-0.05, 0) is 40.0 Å². The largest absolute Gasteiger partial charge is 0.300 e. The van der Waals surface area contributed by atoms with Crippen LogP contribution in [-0.4, -0.2) is 16.9 Å². The second kappa shape index (κ2) is 5.09. The van der Waals surface area contributed by atoms with Crippen LogP contribution in [0.5, 0.6) is 0 Å². The van der Waals surface area contributed by atoms with Crippen LogP contribution < -0.4 is 5.32 Å². The lowest BCUT2D eigenvalue weighted by Gasteiger charge is -2.41. The Labute approximate surface area is 108 Å². The monoisotopic (exact) mass is 241 g/mol. The van der Waals surface area contributed by atoms with E-state index in [9.17, 15) is 4.79 Å². The van der Waals surface area contributed by atoms with Crippen molar-refractivity contribution in [2.24, 2.45) is 11.3 Å². The normalized spacial score (nSPS) is 17.1.